The molecule has 0 saturated heterocycles. The highest BCUT2D eigenvalue weighted by Crippen LogP contribution is 2.37. The summed E-state index contributed by atoms with van der Waals surface area (Å²) in [6, 6.07) is 3.27. The fraction of sp³-hybridized carbons (Fsp3) is 0.333. The van der Waals surface area contributed by atoms with Gasteiger partial charge in [-0.25, -0.2) is 0 Å². The molecule has 1 aromatic heterocycles. The number of hydrogen-bond donors (Lipinski definition) is 1. The second kappa shape index (κ2) is 5.53. The number of halogens is 4. The van der Waals surface area contributed by atoms with E-state index < -0.39 is 17.8 Å². The van der Waals surface area contributed by atoms with Gasteiger partial charge in [0.1, 0.15) is 0 Å². The Morgan fingerprint density at radius 3 is 2.70 bits per heavy atom. The zero-order valence-electron chi connectivity index (χ0n) is 10.4. The van der Waals surface area contributed by atoms with Gasteiger partial charge < -0.3 is 10.3 Å². The van der Waals surface area contributed by atoms with Gasteiger partial charge in [0.05, 0.1) is 11.6 Å². The van der Waals surface area contributed by atoms with Crippen molar-refractivity contribution in [3.8, 4) is 11.4 Å². The molecule has 2 N–H and O–H groups in total. The normalized spacial score (nSPS) is 13.5. The van der Waals surface area contributed by atoms with Crippen molar-refractivity contribution in [2.75, 3.05) is 0 Å². The van der Waals surface area contributed by atoms with E-state index >= 15 is 0 Å². The highest BCUT2D eigenvalue weighted by molar-refractivity contribution is 9.10. The smallest absolute Gasteiger partial charge is 0.337 e. The lowest BCUT2D eigenvalue weighted by molar-refractivity contribution is -0.137. The maximum absolute atomic E-state index is 13.0. The zero-order valence-corrected chi connectivity index (χ0v) is 12.0. The van der Waals surface area contributed by atoms with Crippen molar-refractivity contribution in [1.82, 2.24) is 10.1 Å². The van der Waals surface area contributed by atoms with Crippen LogP contribution in [0, 0.1) is 0 Å². The van der Waals surface area contributed by atoms with Crippen LogP contribution in [0.3, 0.4) is 0 Å². The molecule has 0 radical (unpaired) electrons. The molecule has 2 rings (SSSR count). The Balaban J connectivity index is 2.50. The second-order valence-corrected chi connectivity index (χ2v) is 5.07. The maximum Gasteiger partial charge on any atom is 0.417 e. The molecule has 0 unspecified atom stereocenters. The quantitative estimate of drug-likeness (QED) is 0.911. The molecular weight excluding hydrogens is 339 g/mol. The lowest BCUT2D eigenvalue weighted by Crippen LogP contribution is -2.09. The first kappa shape index (κ1) is 15.0. The van der Waals surface area contributed by atoms with Crippen molar-refractivity contribution in [1.29, 1.82) is 0 Å². The molecule has 1 atom stereocenters. The van der Waals surface area contributed by atoms with Crippen LogP contribution in [-0.2, 0) is 6.18 Å². The fourth-order valence-corrected chi connectivity index (χ4v) is 1.98. The summed E-state index contributed by atoms with van der Waals surface area (Å²) in [4.78, 5) is 3.94. The highest BCUT2D eigenvalue weighted by atomic mass is 79.9. The van der Waals surface area contributed by atoms with Crippen LogP contribution in [0.1, 0.15) is 30.8 Å². The molecule has 1 heterocycles. The van der Waals surface area contributed by atoms with E-state index in [9.17, 15) is 13.2 Å². The first-order valence-electron chi connectivity index (χ1n) is 5.79. The van der Waals surface area contributed by atoms with Crippen molar-refractivity contribution >= 4 is 15.9 Å². The van der Waals surface area contributed by atoms with E-state index in [1.54, 1.807) is 0 Å². The van der Waals surface area contributed by atoms with E-state index in [2.05, 4.69) is 26.1 Å². The topological polar surface area (TPSA) is 64.9 Å². The van der Waals surface area contributed by atoms with Crippen LogP contribution >= 0.6 is 15.9 Å². The number of aromatic nitrogens is 2. The number of benzene rings is 1. The SMILES string of the molecule is CC[C@H](N)c1nc(-c2ccc(Br)cc2C(F)(F)F)no1. The summed E-state index contributed by atoms with van der Waals surface area (Å²) in [5, 5.41) is 3.58. The number of rotatable bonds is 3. The second-order valence-electron chi connectivity index (χ2n) is 4.16. The Morgan fingerprint density at radius 1 is 1.40 bits per heavy atom. The van der Waals surface area contributed by atoms with E-state index in [-0.39, 0.29) is 17.3 Å². The van der Waals surface area contributed by atoms with E-state index in [4.69, 9.17) is 10.3 Å². The molecular formula is C12H11BrF3N3O. The highest BCUT2D eigenvalue weighted by Gasteiger charge is 2.35. The van der Waals surface area contributed by atoms with Gasteiger partial charge in [-0.05, 0) is 24.6 Å². The van der Waals surface area contributed by atoms with Gasteiger partial charge in [-0.15, -0.1) is 0 Å². The van der Waals surface area contributed by atoms with Gasteiger partial charge in [-0.2, -0.15) is 18.2 Å². The molecule has 1 aromatic carbocycles. The molecule has 0 saturated carbocycles. The molecule has 0 aliphatic rings. The lowest BCUT2D eigenvalue weighted by atomic mass is 10.1. The number of nitrogens with zero attached hydrogens (tertiary/aromatic N) is 2. The molecule has 0 fully saturated rings. The van der Waals surface area contributed by atoms with E-state index in [0.717, 1.165) is 6.07 Å². The summed E-state index contributed by atoms with van der Waals surface area (Å²) in [6.07, 6.45) is -3.96. The van der Waals surface area contributed by atoms with Gasteiger partial charge in [0.15, 0.2) is 0 Å². The van der Waals surface area contributed by atoms with Crippen molar-refractivity contribution in [3.05, 3.63) is 34.1 Å². The standard InChI is InChI=1S/C12H11BrF3N3O/c1-2-9(17)11-18-10(19-20-11)7-4-3-6(13)5-8(7)12(14,15)16/h3-5,9H,2,17H2,1H3/t9-/m0/s1. The minimum absolute atomic E-state index is 0.122. The van der Waals surface area contributed by atoms with Gasteiger partial charge in [-0.1, -0.05) is 28.0 Å². The summed E-state index contributed by atoms with van der Waals surface area (Å²) in [5.41, 5.74) is 4.74. The molecule has 0 amide bonds. The van der Waals surface area contributed by atoms with E-state index in [1.165, 1.54) is 12.1 Å². The molecule has 0 bridgehead atoms. The average Bonchev–Trinajstić information content (AvgIpc) is 2.86. The van der Waals surface area contributed by atoms with Crippen molar-refractivity contribution < 1.29 is 17.7 Å². The minimum atomic E-state index is -4.51. The van der Waals surface area contributed by atoms with Gasteiger partial charge in [0.25, 0.3) is 0 Å². The van der Waals surface area contributed by atoms with Gasteiger partial charge in [0, 0.05) is 10.0 Å². The number of nitrogens with two attached hydrogens (primary N) is 1. The van der Waals surface area contributed by atoms with Crippen LogP contribution in [0.4, 0.5) is 13.2 Å². The van der Waals surface area contributed by atoms with Crippen LogP contribution in [0.2, 0.25) is 0 Å². The molecule has 2 aromatic rings. The number of alkyl halides is 3. The zero-order chi connectivity index (χ0) is 14.9. The summed E-state index contributed by atoms with van der Waals surface area (Å²) < 4.78 is 44.3. The van der Waals surface area contributed by atoms with Crippen LogP contribution in [0.25, 0.3) is 11.4 Å². The van der Waals surface area contributed by atoms with Crippen LogP contribution in [0.5, 0.6) is 0 Å². The largest absolute Gasteiger partial charge is 0.417 e. The third kappa shape index (κ3) is 3.01. The van der Waals surface area contributed by atoms with Crippen molar-refractivity contribution in [3.63, 3.8) is 0 Å². The molecule has 0 spiro atoms. The fourth-order valence-electron chi connectivity index (χ4n) is 1.62. The summed E-state index contributed by atoms with van der Waals surface area (Å²) in [6.45, 7) is 1.81. The summed E-state index contributed by atoms with van der Waals surface area (Å²) in [5.74, 6) is 0.00210. The predicted molar refractivity (Wildman–Crippen MR) is 69.7 cm³/mol. The molecule has 8 heteroatoms. The summed E-state index contributed by atoms with van der Waals surface area (Å²) in [7, 11) is 0. The van der Waals surface area contributed by atoms with Crippen LogP contribution in [-0.4, -0.2) is 10.1 Å². The molecule has 108 valence electrons. The first-order valence-corrected chi connectivity index (χ1v) is 6.58. The lowest BCUT2D eigenvalue weighted by Gasteiger charge is -2.10. The van der Waals surface area contributed by atoms with Gasteiger partial charge in [0.2, 0.25) is 11.7 Å². The molecule has 20 heavy (non-hydrogen) atoms. The third-order valence-electron chi connectivity index (χ3n) is 2.73. The summed E-state index contributed by atoms with van der Waals surface area (Å²) >= 11 is 3.02. The Kier molecular flexibility index (Phi) is 4.14. The molecule has 4 nitrogen and oxygen atoms in total. The maximum atomic E-state index is 13.0. The van der Waals surface area contributed by atoms with E-state index in [1.807, 2.05) is 6.92 Å². The van der Waals surface area contributed by atoms with Gasteiger partial charge >= 0.3 is 6.18 Å². The van der Waals surface area contributed by atoms with E-state index in [0.29, 0.717) is 10.9 Å². The Bertz CT molecular complexity index is 612. The van der Waals surface area contributed by atoms with Crippen LogP contribution < -0.4 is 5.73 Å². The average molecular weight is 350 g/mol. The Morgan fingerprint density at radius 2 is 2.10 bits per heavy atom. The Labute approximate surface area is 121 Å². The Hall–Kier alpha value is -1.41. The van der Waals surface area contributed by atoms with Gasteiger partial charge in [-0.3, -0.25) is 0 Å². The monoisotopic (exact) mass is 349 g/mol. The first-order chi connectivity index (χ1) is 9.32. The van der Waals surface area contributed by atoms with Crippen molar-refractivity contribution in [2.45, 2.75) is 25.6 Å². The third-order valence-corrected chi connectivity index (χ3v) is 3.22. The molecule has 0 aliphatic carbocycles. The predicted octanol–water partition coefficient (Wildman–Crippen LogP) is 3.93. The van der Waals surface area contributed by atoms with Crippen LogP contribution in [0.15, 0.2) is 27.2 Å². The van der Waals surface area contributed by atoms with Crippen molar-refractivity contribution in [2.24, 2.45) is 5.73 Å². The number of hydrogen-bond acceptors (Lipinski definition) is 4. The minimum Gasteiger partial charge on any atom is -0.337 e. The molecule has 0 aliphatic heterocycles.